The van der Waals surface area contributed by atoms with Gasteiger partial charge in [0.1, 0.15) is 35.5 Å². The molecule has 2 N–H and O–H groups in total. The maximum Gasteiger partial charge on any atom is 0.326 e. The van der Waals surface area contributed by atoms with E-state index in [0.29, 0.717) is 20.6 Å². The van der Waals surface area contributed by atoms with Crippen LogP contribution in [0.5, 0.6) is 0 Å². The quantitative estimate of drug-likeness (QED) is 0.141. The summed E-state index contributed by atoms with van der Waals surface area (Å²) in [5, 5.41) is 0. The molecule has 11 nitrogen and oxygen atoms in total. The Morgan fingerprint density at radius 3 is 1.33 bits per heavy atom. The van der Waals surface area contributed by atoms with Crippen LogP contribution in [0.3, 0.4) is 0 Å². The van der Waals surface area contributed by atoms with Gasteiger partial charge in [-0.1, -0.05) is 121 Å². The number of aromatic nitrogens is 4. The second-order valence-electron chi connectivity index (χ2n) is 11.0. The van der Waals surface area contributed by atoms with Crippen LogP contribution >= 0.6 is 47.8 Å². The van der Waals surface area contributed by atoms with E-state index in [1.807, 2.05) is 121 Å². The average Bonchev–Trinajstić information content (AvgIpc) is 3.16. The highest BCUT2D eigenvalue weighted by Crippen LogP contribution is 2.27. The molecule has 0 unspecified atom stereocenters. The summed E-state index contributed by atoms with van der Waals surface area (Å²) in [6.45, 7) is -0.184. The summed E-state index contributed by atoms with van der Waals surface area (Å²) >= 11 is 9.86. The van der Waals surface area contributed by atoms with Crippen molar-refractivity contribution in [3.8, 4) is 22.5 Å². The molecule has 0 fully saturated rings. The van der Waals surface area contributed by atoms with Crippen LogP contribution in [0.25, 0.3) is 22.5 Å². The highest BCUT2D eigenvalue weighted by atomic mass is 79.9. The van der Waals surface area contributed by atoms with Gasteiger partial charge in [0.25, 0.3) is 11.1 Å². The summed E-state index contributed by atoms with van der Waals surface area (Å²) in [6, 6.07) is 37.2. The Labute approximate surface area is 323 Å². The first kappa shape index (κ1) is 38.1. The maximum absolute atomic E-state index is 12.5. The number of benzene rings is 4. The molecule has 0 spiro atoms. The Hall–Kier alpha value is -5.18. The average molecular weight is 892 g/mol. The smallest absolute Gasteiger partial charge is 0.326 e. The SMILES string of the molecule is Nc1nc(Br)c(-c2ccccc2)n(CC(=O)OCc2ccccc2)c1=O.O=C(Cn1c(-c2ccccc2)c(Br)nc(Br)c1=O)OCc1ccccc1. The molecule has 6 aromatic rings. The Morgan fingerprint density at radius 2 is 0.904 bits per heavy atom. The lowest BCUT2D eigenvalue weighted by atomic mass is 10.1. The largest absolute Gasteiger partial charge is 0.459 e. The molecule has 2 aromatic heterocycles. The molecule has 0 aliphatic heterocycles. The van der Waals surface area contributed by atoms with Crippen LogP contribution in [0.15, 0.2) is 145 Å². The van der Waals surface area contributed by atoms with E-state index in [1.54, 1.807) is 0 Å². The van der Waals surface area contributed by atoms with Gasteiger partial charge in [0.05, 0.1) is 11.4 Å². The summed E-state index contributed by atoms with van der Waals surface area (Å²) in [7, 11) is 0. The number of nitrogen functional groups attached to an aromatic ring is 1. The number of ether oxygens (including phenoxy) is 2. The van der Waals surface area contributed by atoms with E-state index < -0.39 is 23.1 Å². The van der Waals surface area contributed by atoms with Gasteiger partial charge in [0.15, 0.2) is 10.4 Å². The highest BCUT2D eigenvalue weighted by molar-refractivity contribution is 9.11. The number of carbonyl (C=O) groups is 2. The molecule has 14 heteroatoms. The zero-order valence-electron chi connectivity index (χ0n) is 27.3. The number of nitrogens with two attached hydrogens (primary N) is 1. The Bertz CT molecular complexity index is 2110. The minimum Gasteiger partial charge on any atom is -0.459 e. The fraction of sp³-hybridized carbons (Fsp3) is 0.105. The summed E-state index contributed by atoms with van der Waals surface area (Å²) in [4.78, 5) is 57.8. The molecule has 0 aliphatic rings. The van der Waals surface area contributed by atoms with E-state index in [9.17, 15) is 19.2 Å². The van der Waals surface area contributed by atoms with Crippen LogP contribution < -0.4 is 16.9 Å². The van der Waals surface area contributed by atoms with E-state index in [2.05, 4.69) is 57.8 Å². The van der Waals surface area contributed by atoms with Gasteiger partial charge in [-0.05, 0) is 58.9 Å². The van der Waals surface area contributed by atoms with Crippen molar-refractivity contribution in [3.63, 3.8) is 0 Å². The topological polar surface area (TPSA) is 148 Å². The normalized spacial score (nSPS) is 10.5. The fourth-order valence-electron chi connectivity index (χ4n) is 4.94. The third-order valence-electron chi connectivity index (χ3n) is 7.39. The van der Waals surface area contributed by atoms with Gasteiger partial charge in [-0.2, -0.15) is 0 Å². The van der Waals surface area contributed by atoms with Crippen LogP contribution in [-0.2, 0) is 45.4 Å². The second-order valence-corrected chi connectivity index (χ2v) is 13.2. The van der Waals surface area contributed by atoms with Crippen molar-refractivity contribution in [1.82, 2.24) is 19.1 Å². The van der Waals surface area contributed by atoms with E-state index in [4.69, 9.17) is 15.2 Å². The van der Waals surface area contributed by atoms with Gasteiger partial charge in [0, 0.05) is 11.1 Å². The molecule has 52 heavy (non-hydrogen) atoms. The Morgan fingerprint density at radius 1 is 0.538 bits per heavy atom. The van der Waals surface area contributed by atoms with Crippen molar-refractivity contribution in [3.05, 3.63) is 167 Å². The van der Waals surface area contributed by atoms with Gasteiger partial charge in [-0.15, -0.1) is 0 Å². The van der Waals surface area contributed by atoms with Gasteiger partial charge in [0.2, 0.25) is 0 Å². The Balaban J connectivity index is 0.000000201. The van der Waals surface area contributed by atoms with Crippen molar-refractivity contribution in [2.75, 3.05) is 5.73 Å². The monoisotopic (exact) mass is 889 g/mol. The summed E-state index contributed by atoms with van der Waals surface area (Å²) in [5.41, 5.74) is 9.00. The third kappa shape index (κ3) is 9.99. The number of rotatable bonds is 10. The lowest BCUT2D eigenvalue weighted by Crippen LogP contribution is -2.30. The lowest BCUT2D eigenvalue weighted by Gasteiger charge is -2.15. The molecule has 0 saturated carbocycles. The number of esters is 2. The predicted molar refractivity (Wildman–Crippen MR) is 208 cm³/mol. The predicted octanol–water partition coefficient (Wildman–Crippen LogP) is 7.18. The standard InChI is InChI=1S/C19H14Br2N2O3.C19H16BrN3O3/c2*20-17-16(14-9-5-2-6-10-14)23(19(25)18(21)22-17)11-15(24)26-12-13-7-3-1-4-8-13/h1-10H,11-12H2;1-10H,11-12H2,(H2,21,22). The fourth-order valence-corrected chi connectivity index (χ4v) is 6.82. The number of anilines is 1. The molecule has 264 valence electrons. The van der Waals surface area contributed by atoms with Gasteiger partial charge >= 0.3 is 11.9 Å². The van der Waals surface area contributed by atoms with Crippen LogP contribution in [0.4, 0.5) is 5.82 Å². The number of hydrogen-bond acceptors (Lipinski definition) is 9. The van der Waals surface area contributed by atoms with Gasteiger partial charge < -0.3 is 15.2 Å². The molecule has 0 atom stereocenters. The first-order valence-corrected chi connectivity index (χ1v) is 18.0. The number of carbonyl (C=O) groups excluding carboxylic acids is 2. The molecule has 2 heterocycles. The zero-order chi connectivity index (χ0) is 37.0. The minimum absolute atomic E-state index is 0.125. The van der Waals surface area contributed by atoms with E-state index in [-0.39, 0.29) is 36.7 Å². The molecule has 6 rings (SSSR count). The molecular weight excluding hydrogens is 862 g/mol. The van der Waals surface area contributed by atoms with Crippen molar-refractivity contribution in [2.45, 2.75) is 26.3 Å². The van der Waals surface area contributed by atoms with Crippen LogP contribution in [0, 0.1) is 0 Å². The minimum atomic E-state index is -0.538. The first-order valence-electron chi connectivity index (χ1n) is 15.6. The van der Waals surface area contributed by atoms with Crippen LogP contribution in [-0.4, -0.2) is 31.0 Å². The van der Waals surface area contributed by atoms with Crippen molar-refractivity contribution >= 4 is 65.5 Å². The number of halogens is 3. The van der Waals surface area contributed by atoms with E-state index in [1.165, 1.54) is 9.13 Å². The first-order chi connectivity index (χ1) is 25.1. The molecule has 0 saturated heterocycles. The molecule has 0 aliphatic carbocycles. The second kappa shape index (κ2) is 18.4. The highest BCUT2D eigenvalue weighted by Gasteiger charge is 2.20. The maximum atomic E-state index is 12.5. The van der Waals surface area contributed by atoms with Gasteiger partial charge in [-0.25, -0.2) is 9.97 Å². The van der Waals surface area contributed by atoms with E-state index >= 15 is 0 Å². The van der Waals surface area contributed by atoms with E-state index in [0.717, 1.165) is 22.3 Å². The summed E-state index contributed by atoms with van der Waals surface area (Å²) in [5.74, 6) is -1.23. The van der Waals surface area contributed by atoms with Crippen molar-refractivity contribution < 1.29 is 19.1 Å². The van der Waals surface area contributed by atoms with Crippen LogP contribution in [0.1, 0.15) is 11.1 Å². The summed E-state index contributed by atoms with van der Waals surface area (Å²) in [6.07, 6.45) is 0. The van der Waals surface area contributed by atoms with Crippen molar-refractivity contribution in [1.29, 1.82) is 0 Å². The number of nitrogens with zero attached hydrogens (tertiary/aromatic N) is 4. The number of hydrogen-bond donors (Lipinski definition) is 1. The summed E-state index contributed by atoms with van der Waals surface area (Å²) < 4.78 is 14.2. The Kier molecular flexibility index (Phi) is 13.4. The zero-order valence-corrected chi connectivity index (χ0v) is 32.1. The molecule has 4 aromatic carbocycles. The third-order valence-corrected chi connectivity index (χ3v) is 9.01. The van der Waals surface area contributed by atoms with Crippen LogP contribution in [0.2, 0.25) is 0 Å². The molecule has 0 amide bonds. The molecule has 0 radical (unpaired) electrons. The molecule has 0 bridgehead atoms. The molecular formula is C38H30Br3N5O6. The lowest BCUT2D eigenvalue weighted by molar-refractivity contribution is -0.146. The van der Waals surface area contributed by atoms with Gasteiger partial charge in [-0.3, -0.25) is 28.3 Å². The van der Waals surface area contributed by atoms with Crippen molar-refractivity contribution in [2.24, 2.45) is 0 Å².